The van der Waals surface area contributed by atoms with Gasteiger partial charge in [0.2, 0.25) is 11.6 Å². The average molecular weight is 355 g/mol. The number of carbonyl (C=O) groups is 1. The lowest BCUT2D eigenvalue weighted by molar-refractivity contribution is -0.109. The molecule has 1 aromatic carbocycles. The van der Waals surface area contributed by atoms with Crippen LogP contribution in [0.25, 0.3) is 0 Å². The van der Waals surface area contributed by atoms with E-state index in [1.54, 1.807) is 26.0 Å². The van der Waals surface area contributed by atoms with Gasteiger partial charge in [-0.15, -0.1) is 0 Å². The summed E-state index contributed by atoms with van der Waals surface area (Å²) in [6, 6.07) is 4.67. The molecule has 9 heteroatoms. The van der Waals surface area contributed by atoms with Crippen LogP contribution in [0.15, 0.2) is 38.2 Å². The molecule has 23 heavy (non-hydrogen) atoms. The van der Waals surface area contributed by atoms with Crippen molar-refractivity contribution in [3.05, 3.63) is 34.4 Å². The maximum absolute atomic E-state index is 12.0. The average Bonchev–Trinajstić information content (AvgIpc) is 2.47. The van der Waals surface area contributed by atoms with Crippen LogP contribution in [-0.4, -0.2) is 31.3 Å². The highest BCUT2D eigenvalue weighted by Gasteiger charge is 2.27. The summed E-state index contributed by atoms with van der Waals surface area (Å²) in [5.74, 6) is -0.877. The van der Waals surface area contributed by atoms with Crippen LogP contribution in [0.1, 0.15) is 18.9 Å². The molecular weight excluding hydrogens is 342 g/mol. The molecule has 2 N–H and O–H groups in total. The Morgan fingerprint density at radius 2 is 2.17 bits per heavy atom. The van der Waals surface area contributed by atoms with Gasteiger partial charge in [0, 0.05) is 11.3 Å². The van der Waals surface area contributed by atoms with E-state index in [4.69, 9.17) is 11.6 Å². The van der Waals surface area contributed by atoms with Gasteiger partial charge in [-0.1, -0.05) is 18.5 Å². The number of hydrogen-bond acceptors (Lipinski definition) is 5. The van der Waals surface area contributed by atoms with Gasteiger partial charge in [-0.05, 0) is 37.1 Å². The highest BCUT2D eigenvalue weighted by atomic mass is 35.5. The van der Waals surface area contributed by atoms with Crippen LogP contribution >= 0.6 is 11.6 Å². The number of anilines is 1. The van der Waals surface area contributed by atoms with Crippen LogP contribution in [0, 0.1) is 6.92 Å². The Hall–Kier alpha value is -2.03. The zero-order valence-electron chi connectivity index (χ0n) is 12.3. The Balaban J connectivity index is 2.48. The van der Waals surface area contributed by atoms with Crippen molar-refractivity contribution in [2.45, 2.75) is 20.3 Å². The van der Waals surface area contributed by atoms with Crippen molar-refractivity contribution >= 4 is 46.0 Å². The van der Waals surface area contributed by atoms with E-state index in [0.29, 0.717) is 17.7 Å². The normalized spacial score (nSPS) is 18.2. The number of nitrogens with one attached hydrogen (secondary N) is 1. The third-order valence-corrected chi connectivity index (χ3v) is 3.87. The number of aromatic hydroxyl groups is 1. The van der Waals surface area contributed by atoms with Gasteiger partial charge in [-0.3, -0.25) is 9.00 Å². The van der Waals surface area contributed by atoms with E-state index in [1.165, 1.54) is 6.07 Å². The number of aliphatic imine (C=N–C) groups is 1. The number of dihydropyridines is 1. The SMILES string of the molecule is CCC1=C(Cl)C(=O)C(=NS(=O)[O-])N=C1Nc1ccc(O)cc1C. The van der Waals surface area contributed by atoms with Crippen molar-refractivity contribution in [2.24, 2.45) is 9.39 Å². The van der Waals surface area contributed by atoms with Gasteiger partial charge in [0.05, 0.1) is 16.3 Å². The molecule has 1 aliphatic heterocycles. The number of amidine groups is 2. The molecule has 0 aromatic heterocycles. The van der Waals surface area contributed by atoms with E-state index >= 15 is 0 Å². The van der Waals surface area contributed by atoms with Crippen molar-refractivity contribution in [3.8, 4) is 5.75 Å². The number of nitrogens with zero attached hydrogens (tertiary/aromatic N) is 2. The quantitative estimate of drug-likeness (QED) is 0.637. The fourth-order valence-corrected chi connectivity index (χ4v) is 2.61. The first-order chi connectivity index (χ1) is 10.8. The third kappa shape index (κ3) is 3.84. The fraction of sp³-hybridized carbons (Fsp3) is 0.214. The van der Waals surface area contributed by atoms with Crippen molar-refractivity contribution in [2.75, 3.05) is 5.32 Å². The smallest absolute Gasteiger partial charge is 0.242 e. The molecule has 1 aliphatic rings. The molecule has 7 nitrogen and oxygen atoms in total. The number of hydrogen-bond donors (Lipinski definition) is 2. The lowest BCUT2D eigenvalue weighted by Crippen LogP contribution is -2.28. The summed E-state index contributed by atoms with van der Waals surface area (Å²) in [4.78, 5) is 16.0. The minimum Gasteiger partial charge on any atom is -0.754 e. The van der Waals surface area contributed by atoms with E-state index in [0.717, 1.165) is 5.56 Å². The predicted molar refractivity (Wildman–Crippen MR) is 88.4 cm³/mol. The van der Waals surface area contributed by atoms with Gasteiger partial charge in [0.25, 0.3) is 0 Å². The molecule has 1 unspecified atom stereocenters. The zero-order valence-corrected chi connectivity index (χ0v) is 13.9. The summed E-state index contributed by atoms with van der Waals surface area (Å²) in [6.45, 7) is 3.56. The van der Waals surface area contributed by atoms with Crippen molar-refractivity contribution in [3.63, 3.8) is 0 Å². The first-order valence-electron chi connectivity index (χ1n) is 6.60. The van der Waals surface area contributed by atoms with Crippen LogP contribution in [0.2, 0.25) is 0 Å². The van der Waals surface area contributed by atoms with Gasteiger partial charge in [-0.2, -0.15) is 4.40 Å². The molecule has 2 rings (SSSR count). The minimum atomic E-state index is -2.81. The predicted octanol–water partition coefficient (Wildman–Crippen LogP) is 2.19. The standard InChI is InChI=1S/C14H14ClN3O4S/c1-3-9-11(15)12(20)14(18-23(21)22)17-13(9)16-10-5-4-8(19)6-7(10)2/h4-6,19H,3H2,1-2H3,(H,21,22)(H,16,17,18)/p-1. The molecule has 0 radical (unpaired) electrons. The molecule has 1 atom stereocenters. The summed E-state index contributed by atoms with van der Waals surface area (Å²) < 4.78 is 24.6. The van der Waals surface area contributed by atoms with Crippen molar-refractivity contribution < 1.29 is 18.7 Å². The molecule has 0 saturated carbocycles. The summed E-state index contributed by atoms with van der Waals surface area (Å²) >= 11 is 3.21. The molecule has 0 fully saturated rings. The molecule has 122 valence electrons. The first kappa shape index (κ1) is 17.3. The van der Waals surface area contributed by atoms with Gasteiger partial charge in [0.15, 0.2) is 0 Å². The monoisotopic (exact) mass is 354 g/mol. The molecule has 1 heterocycles. The highest BCUT2D eigenvalue weighted by Crippen LogP contribution is 2.25. The first-order valence-corrected chi connectivity index (χ1v) is 8.01. The second-order valence-corrected chi connectivity index (χ2v) is 5.69. The number of rotatable bonds is 3. The van der Waals surface area contributed by atoms with Crippen LogP contribution in [0.5, 0.6) is 5.75 Å². The number of aryl methyl sites for hydroxylation is 1. The Kier molecular flexibility index (Phi) is 5.30. The number of phenolic OH excluding ortho intramolecular Hbond substituents is 1. The highest BCUT2D eigenvalue weighted by molar-refractivity contribution is 7.78. The second kappa shape index (κ2) is 7.03. The Morgan fingerprint density at radius 1 is 1.48 bits per heavy atom. The molecule has 1 aromatic rings. The largest absolute Gasteiger partial charge is 0.754 e. The summed E-state index contributed by atoms with van der Waals surface area (Å²) in [5.41, 5.74) is 1.83. The van der Waals surface area contributed by atoms with Gasteiger partial charge >= 0.3 is 0 Å². The maximum atomic E-state index is 12.0. The molecule has 0 amide bonds. The number of Topliss-reactive ketones (excluding diaryl/α,β-unsaturated/α-hetero) is 1. The number of carbonyl (C=O) groups excluding carboxylic acids is 1. The van der Waals surface area contributed by atoms with E-state index in [-0.39, 0.29) is 16.6 Å². The van der Waals surface area contributed by atoms with E-state index in [1.807, 2.05) is 0 Å². The number of benzene rings is 1. The van der Waals surface area contributed by atoms with Gasteiger partial charge in [-0.25, -0.2) is 4.99 Å². The van der Waals surface area contributed by atoms with Crippen LogP contribution in [-0.2, 0) is 16.1 Å². The molecule has 0 spiro atoms. The number of halogens is 1. The maximum Gasteiger partial charge on any atom is 0.242 e. The lowest BCUT2D eigenvalue weighted by atomic mass is 10.1. The van der Waals surface area contributed by atoms with E-state index in [9.17, 15) is 18.7 Å². The molecule has 0 bridgehead atoms. The summed E-state index contributed by atoms with van der Waals surface area (Å²) in [7, 11) is 0. The van der Waals surface area contributed by atoms with E-state index < -0.39 is 22.9 Å². The zero-order chi connectivity index (χ0) is 17.1. The van der Waals surface area contributed by atoms with Crippen molar-refractivity contribution in [1.82, 2.24) is 0 Å². The topological polar surface area (TPSA) is 114 Å². The van der Waals surface area contributed by atoms with Crippen LogP contribution in [0.3, 0.4) is 0 Å². The number of phenols is 1. The Labute approximate surface area is 140 Å². The fourth-order valence-electron chi connectivity index (χ4n) is 2.04. The third-order valence-electron chi connectivity index (χ3n) is 3.15. The van der Waals surface area contributed by atoms with Gasteiger partial charge < -0.3 is 15.0 Å². The van der Waals surface area contributed by atoms with Crippen molar-refractivity contribution in [1.29, 1.82) is 0 Å². The second-order valence-electron chi connectivity index (χ2n) is 4.69. The van der Waals surface area contributed by atoms with E-state index in [2.05, 4.69) is 14.7 Å². The number of ketones is 1. The van der Waals surface area contributed by atoms with Crippen LogP contribution < -0.4 is 5.32 Å². The molecule has 0 aliphatic carbocycles. The van der Waals surface area contributed by atoms with Crippen LogP contribution in [0.4, 0.5) is 5.69 Å². The molecular formula is C14H13ClN3O4S-. The van der Waals surface area contributed by atoms with Gasteiger partial charge in [0.1, 0.15) is 11.6 Å². The Bertz CT molecular complexity index is 786. The Morgan fingerprint density at radius 3 is 2.74 bits per heavy atom. The summed E-state index contributed by atoms with van der Waals surface area (Å²) in [5, 5.41) is 12.3. The lowest BCUT2D eigenvalue weighted by Gasteiger charge is -2.19. The molecule has 0 saturated heterocycles. The minimum absolute atomic E-state index is 0.113. The summed E-state index contributed by atoms with van der Waals surface area (Å²) in [6.07, 6.45) is 0.418.